The first kappa shape index (κ1) is 12.0. The van der Waals surface area contributed by atoms with Gasteiger partial charge in [-0.3, -0.25) is 10.3 Å². The third-order valence-electron chi connectivity index (χ3n) is 2.46. The molecule has 1 unspecified atom stereocenters. The molecule has 1 rings (SSSR count). The van der Waals surface area contributed by atoms with E-state index in [0.717, 1.165) is 17.1 Å². The molecule has 0 aliphatic heterocycles. The van der Waals surface area contributed by atoms with Crippen LogP contribution in [0, 0.1) is 5.41 Å². The van der Waals surface area contributed by atoms with Crippen molar-refractivity contribution >= 4 is 17.4 Å². The Labute approximate surface area is 95.3 Å². The van der Waals surface area contributed by atoms with Crippen LogP contribution in [0.15, 0.2) is 24.3 Å². The molecule has 0 fully saturated rings. The second kappa shape index (κ2) is 5.14. The Morgan fingerprint density at radius 2 is 2.00 bits per heavy atom. The van der Waals surface area contributed by atoms with Crippen LogP contribution in [-0.2, 0) is 6.54 Å². The summed E-state index contributed by atoms with van der Waals surface area (Å²) in [7, 11) is 1.95. The lowest BCUT2D eigenvalue weighted by molar-refractivity contribution is 0.301. The maximum Gasteiger partial charge on any atom is 0.108 e. The van der Waals surface area contributed by atoms with Crippen LogP contribution in [0.2, 0.25) is 5.02 Å². The highest BCUT2D eigenvalue weighted by molar-refractivity contribution is 6.30. The molecular formula is C11H16ClN3. The van der Waals surface area contributed by atoms with Crippen molar-refractivity contribution < 1.29 is 0 Å². The average molecular weight is 226 g/mol. The Morgan fingerprint density at radius 3 is 2.47 bits per heavy atom. The first-order valence-corrected chi connectivity index (χ1v) is 5.17. The molecule has 0 aromatic heterocycles. The number of nitrogens with two attached hydrogens (primary N) is 1. The third-order valence-corrected chi connectivity index (χ3v) is 2.71. The number of halogens is 1. The van der Waals surface area contributed by atoms with Gasteiger partial charge in [0.05, 0.1) is 6.04 Å². The fourth-order valence-electron chi connectivity index (χ4n) is 1.25. The van der Waals surface area contributed by atoms with Crippen LogP contribution in [0.5, 0.6) is 0 Å². The summed E-state index contributed by atoms with van der Waals surface area (Å²) in [5.74, 6) is 0.187. The monoisotopic (exact) mass is 225 g/mol. The van der Waals surface area contributed by atoms with E-state index in [-0.39, 0.29) is 11.9 Å². The van der Waals surface area contributed by atoms with Crippen LogP contribution >= 0.6 is 11.6 Å². The molecular weight excluding hydrogens is 210 g/mol. The Morgan fingerprint density at radius 1 is 1.47 bits per heavy atom. The summed E-state index contributed by atoms with van der Waals surface area (Å²) in [6, 6.07) is 7.64. The van der Waals surface area contributed by atoms with E-state index in [4.69, 9.17) is 22.7 Å². The Kier molecular flexibility index (Phi) is 4.12. The fourth-order valence-corrected chi connectivity index (χ4v) is 1.38. The fraction of sp³-hybridized carbons (Fsp3) is 0.364. The zero-order chi connectivity index (χ0) is 11.4. The van der Waals surface area contributed by atoms with Crippen molar-refractivity contribution in [2.75, 3.05) is 7.05 Å². The SMILES string of the molecule is CC(C(=N)N)N(C)Cc1ccc(Cl)cc1. The largest absolute Gasteiger partial charge is 0.386 e. The number of hydrogen-bond donors (Lipinski definition) is 2. The van der Waals surface area contributed by atoms with Gasteiger partial charge in [-0.15, -0.1) is 0 Å². The molecule has 0 heterocycles. The Bertz CT molecular complexity index is 334. The molecule has 0 amide bonds. The van der Waals surface area contributed by atoms with Gasteiger partial charge in [0.15, 0.2) is 0 Å². The van der Waals surface area contributed by atoms with E-state index in [1.54, 1.807) is 0 Å². The molecule has 1 aromatic carbocycles. The number of nitrogens with zero attached hydrogens (tertiary/aromatic N) is 1. The highest BCUT2D eigenvalue weighted by atomic mass is 35.5. The maximum atomic E-state index is 7.35. The second-order valence-corrected chi connectivity index (χ2v) is 4.11. The summed E-state index contributed by atoms with van der Waals surface area (Å²) >= 11 is 5.79. The molecule has 3 N–H and O–H groups in total. The van der Waals surface area contributed by atoms with Crippen LogP contribution in [0.3, 0.4) is 0 Å². The lowest BCUT2D eigenvalue weighted by atomic mass is 10.2. The number of likely N-dealkylation sites (N-methyl/N-ethyl adjacent to an activating group) is 1. The molecule has 3 nitrogen and oxygen atoms in total. The number of benzene rings is 1. The predicted octanol–water partition coefficient (Wildman–Crippen LogP) is 2.10. The molecule has 0 spiro atoms. The van der Waals surface area contributed by atoms with Gasteiger partial charge in [-0.25, -0.2) is 0 Å². The number of amidine groups is 1. The summed E-state index contributed by atoms with van der Waals surface area (Å²) in [6.07, 6.45) is 0. The lowest BCUT2D eigenvalue weighted by Gasteiger charge is -2.23. The molecule has 0 saturated carbocycles. The third kappa shape index (κ3) is 3.53. The summed E-state index contributed by atoms with van der Waals surface area (Å²) < 4.78 is 0. The van der Waals surface area contributed by atoms with Crippen LogP contribution in [-0.4, -0.2) is 23.8 Å². The molecule has 0 radical (unpaired) electrons. The van der Waals surface area contributed by atoms with Gasteiger partial charge in [0.25, 0.3) is 0 Å². The summed E-state index contributed by atoms with van der Waals surface area (Å²) in [6.45, 7) is 2.68. The normalized spacial score (nSPS) is 12.8. The predicted molar refractivity (Wildman–Crippen MR) is 64.3 cm³/mol. The van der Waals surface area contributed by atoms with Crippen molar-refractivity contribution in [2.45, 2.75) is 19.5 Å². The number of rotatable bonds is 4. The van der Waals surface area contributed by atoms with Gasteiger partial charge >= 0.3 is 0 Å². The number of hydrogen-bond acceptors (Lipinski definition) is 2. The van der Waals surface area contributed by atoms with Gasteiger partial charge in [-0.2, -0.15) is 0 Å². The van der Waals surface area contributed by atoms with E-state index in [2.05, 4.69) is 0 Å². The van der Waals surface area contributed by atoms with Gasteiger partial charge in [0, 0.05) is 11.6 Å². The molecule has 82 valence electrons. The molecule has 4 heteroatoms. The van der Waals surface area contributed by atoms with Crippen LogP contribution in [0.4, 0.5) is 0 Å². The van der Waals surface area contributed by atoms with Crippen LogP contribution in [0.1, 0.15) is 12.5 Å². The van der Waals surface area contributed by atoms with E-state index < -0.39 is 0 Å². The van der Waals surface area contributed by atoms with E-state index >= 15 is 0 Å². The molecule has 1 atom stereocenters. The minimum atomic E-state index is -0.0410. The van der Waals surface area contributed by atoms with Gasteiger partial charge in [-0.05, 0) is 31.7 Å². The second-order valence-electron chi connectivity index (χ2n) is 3.67. The summed E-state index contributed by atoms with van der Waals surface area (Å²) in [5, 5.41) is 8.08. The molecule has 0 aliphatic rings. The first-order chi connectivity index (χ1) is 7.00. The minimum Gasteiger partial charge on any atom is -0.386 e. The lowest BCUT2D eigenvalue weighted by Crippen LogP contribution is -2.39. The molecule has 0 bridgehead atoms. The van der Waals surface area contributed by atoms with E-state index in [0.29, 0.717) is 0 Å². The van der Waals surface area contributed by atoms with Crippen LogP contribution in [0.25, 0.3) is 0 Å². The Hall–Kier alpha value is -1.06. The molecule has 0 aliphatic carbocycles. The Balaban J connectivity index is 2.62. The maximum absolute atomic E-state index is 7.35. The van der Waals surface area contributed by atoms with Crippen molar-refractivity contribution in [1.82, 2.24) is 4.90 Å². The minimum absolute atomic E-state index is 0.0410. The average Bonchev–Trinajstić information content (AvgIpc) is 2.20. The highest BCUT2D eigenvalue weighted by Crippen LogP contribution is 2.11. The van der Waals surface area contributed by atoms with Crippen molar-refractivity contribution in [3.05, 3.63) is 34.9 Å². The van der Waals surface area contributed by atoms with Crippen molar-refractivity contribution in [3.8, 4) is 0 Å². The van der Waals surface area contributed by atoms with Crippen molar-refractivity contribution in [1.29, 1.82) is 5.41 Å². The van der Waals surface area contributed by atoms with Gasteiger partial charge in [-0.1, -0.05) is 23.7 Å². The van der Waals surface area contributed by atoms with Crippen LogP contribution < -0.4 is 5.73 Å². The van der Waals surface area contributed by atoms with Crippen molar-refractivity contribution in [2.24, 2.45) is 5.73 Å². The smallest absolute Gasteiger partial charge is 0.108 e. The zero-order valence-electron chi connectivity index (χ0n) is 9.00. The van der Waals surface area contributed by atoms with E-state index in [1.165, 1.54) is 0 Å². The zero-order valence-corrected chi connectivity index (χ0v) is 9.75. The molecule has 1 aromatic rings. The molecule has 0 saturated heterocycles. The van der Waals surface area contributed by atoms with Gasteiger partial charge in [0.1, 0.15) is 5.84 Å². The standard InChI is InChI=1S/C11H16ClN3/c1-8(11(13)14)15(2)7-9-3-5-10(12)6-4-9/h3-6,8H,7H2,1-2H3,(H3,13,14). The molecule has 15 heavy (non-hydrogen) atoms. The summed E-state index contributed by atoms with van der Waals surface area (Å²) in [5.41, 5.74) is 6.60. The topological polar surface area (TPSA) is 53.1 Å². The quantitative estimate of drug-likeness (QED) is 0.609. The van der Waals surface area contributed by atoms with E-state index in [1.807, 2.05) is 43.1 Å². The first-order valence-electron chi connectivity index (χ1n) is 4.79. The highest BCUT2D eigenvalue weighted by Gasteiger charge is 2.11. The van der Waals surface area contributed by atoms with Crippen molar-refractivity contribution in [3.63, 3.8) is 0 Å². The van der Waals surface area contributed by atoms with Gasteiger partial charge in [0.2, 0.25) is 0 Å². The van der Waals surface area contributed by atoms with E-state index in [9.17, 15) is 0 Å². The summed E-state index contributed by atoms with van der Waals surface area (Å²) in [4.78, 5) is 2.02. The van der Waals surface area contributed by atoms with Gasteiger partial charge < -0.3 is 5.73 Å². The number of nitrogens with one attached hydrogen (secondary N) is 1.